The minimum Gasteiger partial charge on any atom is -0.466 e. The van der Waals surface area contributed by atoms with Gasteiger partial charge in [-0.2, -0.15) is 18.6 Å². The Bertz CT molecular complexity index is 2160. The van der Waals surface area contributed by atoms with E-state index in [4.69, 9.17) is 0 Å². The van der Waals surface area contributed by atoms with Crippen LogP contribution < -0.4 is 5.32 Å². The predicted molar refractivity (Wildman–Crippen MR) is 246 cm³/mol. The number of aromatic nitrogens is 4. The molecule has 4 aromatic rings. The Balaban J connectivity index is 0.000000328. The summed E-state index contributed by atoms with van der Waals surface area (Å²) in [6.45, 7) is 11.6. The van der Waals surface area contributed by atoms with Crippen LogP contribution >= 0.6 is 12.4 Å². The summed E-state index contributed by atoms with van der Waals surface area (Å²) in [7, 11) is 3.30. The van der Waals surface area contributed by atoms with Gasteiger partial charge >= 0.3 is 11.9 Å². The molecule has 6 rings (SSSR count). The van der Waals surface area contributed by atoms with Crippen molar-refractivity contribution >= 4 is 46.6 Å². The van der Waals surface area contributed by atoms with E-state index in [9.17, 15) is 18.0 Å². The first-order chi connectivity index (χ1) is 28.1. The molecule has 0 spiro atoms. The predicted octanol–water partition coefficient (Wildman–Crippen LogP) is 7.51. The molecule has 2 fully saturated rings. The van der Waals surface area contributed by atoms with Crippen molar-refractivity contribution < 1.29 is 31.7 Å². The van der Waals surface area contributed by atoms with Crippen molar-refractivity contribution in [1.29, 1.82) is 0 Å². The molecule has 0 aliphatic carbocycles. The molecule has 15 heteroatoms. The van der Waals surface area contributed by atoms with Gasteiger partial charge in [0.1, 0.15) is 0 Å². The minimum absolute atomic E-state index is 0. The molecule has 2 aliphatic heterocycles. The van der Waals surface area contributed by atoms with Crippen molar-refractivity contribution in [2.45, 2.75) is 85.7 Å². The maximum atomic E-state index is 11.2. The second kappa shape index (κ2) is 25.4. The van der Waals surface area contributed by atoms with E-state index >= 15 is 0 Å². The topological polar surface area (TPSA) is 147 Å². The smallest absolute Gasteiger partial charge is 0.330 e. The second-order valence-electron chi connectivity index (χ2n) is 15.0. The summed E-state index contributed by atoms with van der Waals surface area (Å²) in [5, 5.41) is 12.2. The fourth-order valence-corrected chi connectivity index (χ4v) is 7.87. The quantitative estimate of drug-likeness (QED) is 0.0809. The van der Waals surface area contributed by atoms with E-state index in [0.29, 0.717) is 18.5 Å². The number of hydrogen-bond donors (Lipinski definition) is 1. The molecule has 2 aromatic heterocycles. The first-order valence-corrected chi connectivity index (χ1v) is 21.9. The van der Waals surface area contributed by atoms with Crippen LogP contribution in [0.2, 0.25) is 0 Å². The number of rotatable bonds is 13. The van der Waals surface area contributed by atoms with Gasteiger partial charge in [0.25, 0.3) is 10.1 Å². The van der Waals surface area contributed by atoms with Gasteiger partial charge in [-0.3, -0.25) is 18.4 Å². The number of carbonyl (C=O) groups excluding carboxylic acids is 2. The van der Waals surface area contributed by atoms with Crippen LogP contribution in [0.15, 0.2) is 60.7 Å². The lowest BCUT2D eigenvalue weighted by atomic mass is 10.0. The van der Waals surface area contributed by atoms with Gasteiger partial charge in [0.15, 0.2) is 0 Å². The second-order valence-corrected chi connectivity index (χ2v) is 16.6. The Morgan fingerprint density at radius 1 is 0.770 bits per heavy atom. The van der Waals surface area contributed by atoms with Crippen LogP contribution in [0.3, 0.4) is 0 Å². The maximum absolute atomic E-state index is 11.2. The average molecular weight is 884 g/mol. The molecule has 1 N–H and O–H groups in total. The van der Waals surface area contributed by atoms with Gasteiger partial charge in [-0.25, -0.2) is 9.59 Å². The number of carbonyl (C=O) groups is 2. The third kappa shape index (κ3) is 16.3. The Kier molecular flexibility index (Phi) is 21.8. The van der Waals surface area contributed by atoms with Crippen LogP contribution in [0, 0.1) is 27.7 Å². The first kappa shape index (κ1) is 52.5. The van der Waals surface area contributed by atoms with Crippen LogP contribution in [-0.4, -0.2) is 91.5 Å². The number of nitrogens with zero attached hydrogens (tertiary/aromatic N) is 5. The lowest BCUT2D eigenvalue weighted by Gasteiger charge is -2.25. The van der Waals surface area contributed by atoms with Crippen LogP contribution in [-0.2, 0) is 60.3 Å². The molecule has 2 aliphatic rings. The zero-order chi connectivity index (χ0) is 43.1. The summed E-state index contributed by atoms with van der Waals surface area (Å²) in [4.78, 5) is 24.8. The Labute approximate surface area is 370 Å². The lowest BCUT2D eigenvalue weighted by Crippen LogP contribution is -2.26. The van der Waals surface area contributed by atoms with Crippen LogP contribution in [0.25, 0.3) is 12.2 Å². The summed E-state index contributed by atoms with van der Waals surface area (Å²) in [5.74, 6) is -0.659. The maximum Gasteiger partial charge on any atom is 0.330 e. The van der Waals surface area contributed by atoms with Crippen molar-refractivity contribution in [2.24, 2.45) is 14.1 Å². The number of likely N-dealkylation sites (tertiary alicyclic amines) is 1. The van der Waals surface area contributed by atoms with Crippen molar-refractivity contribution in [3.05, 3.63) is 117 Å². The van der Waals surface area contributed by atoms with E-state index in [2.05, 4.69) is 84.3 Å². The van der Waals surface area contributed by atoms with Gasteiger partial charge in [0.2, 0.25) is 0 Å². The fraction of sp³-hybridized carbons (Fsp3) is 0.478. The minimum atomic E-state index is -3.34. The van der Waals surface area contributed by atoms with Crippen molar-refractivity contribution in [3.8, 4) is 0 Å². The van der Waals surface area contributed by atoms with Crippen LogP contribution in [0.5, 0.6) is 0 Å². The molecule has 0 radical (unpaired) electrons. The van der Waals surface area contributed by atoms with Crippen LogP contribution in [0.1, 0.15) is 101 Å². The lowest BCUT2D eigenvalue weighted by molar-refractivity contribution is -0.135. The molecule has 0 saturated carbocycles. The highest BCUT2D eigenvalue weighted by atomic mass is 35.5. The molecule has 2 aromatic carbocycles. The number of ether oxygens (including phenoxy) is 2. The highest BCUT2D eigenvalue weighted by Crippen LogP contribution is 2.32. The first-order valence-electron chi connectivity index (χ1n) is 20.1. The zero-order valence-corrected chi connectivity index (χ0v) is 38.2. The number of benzene rings is 2. The highest BCUT2D eigenvalue weighted by Gasteiger charge is 2.26. The van der Waals surface area contributed by atoms with E-state index in [1.54, 1.807) is 16.8 Å². The number of esters is 2. The van der Waals surface area contributed by atoms with Crippen molar-refractivity contribution in [1.82, 2.24) is 29.8 Å². The molecule has 13 nitrogen and oxygen atoms in total. The molecule has 336 valence electrons. The van der Waals surface area contributed by atoms with E-state index in [-0.39, 0.29) is 38.4 Å². The summed E-state index contributed by atoms with van der Waals surface area (Å²) in [5.41, 5.74) is 11.5. The average Bonchev–Trinajstić information content (AvgIpc) is 4.02. The SMILES string of the molecule is C.COC(=O)/C=C/c1ccc([C@H]2CCCN2)cc1.COC(=O)/C=C/c1ccc([C@H]2CCCN2CCc2c(C)nn(C)c2C)cc1.Cc1nn(C)c(C)c1CCOS(C)(=O)=O.Cl. The number of hydrogen-bond acceptors (Lipinski definition) is 11. The number of aryl methyl sites for hydroxylation is 4. The molecule has 61 heavy (non-hydrogen) atoms. The van der Waals surface area contributed by atoms with Gasteiger partial charge < -0.3 is 14.8 Å². The molecule has 0 unspecified atom stereocenters. The summed E-state index contributed by atoms with van der Waals surface area (Å²) >= 11 is 0. The summed E-state index contributed by atoms with van der Waals surface area (Å²) < 4.78 is 39.1. The highest BCUT2D eigenvalue weighted by molar-refractivity contribution is 7.85. The standard InChI is InChI=1S/C22H29N3O2.C14H17NO2.C9H16N2O3S.CH4.ClH/c1-16-20(17(2)24(3)23-16)13-15-25-14-5-6-21(25)19-10-7-18(8-11-19)9-12-22(26)27-4;1-17-14(16)9-6-11-4-7-12(8-5-11)13-3-2-10-15-13;1-7-9(8(2)11(3)10-7)5-6-14-15(4,12)13;;/h7-12,21H,5-6,13-15H2,1-4H3;4-9,13,15H,2-3,10H2,1H3;5-6H2,1-4H3;1H4;1H/b12-9+;9-6+;;;/t21-;13-;;;/m11.../s1. The van der Waals surface area contributed by atoms with Crippen LogP contribution in [0.4, 0.5) is 0 Å². The fourth-order valence-electron chi connectivity index (χ4n) is 7.48. The zero-order valence-electron chi connectivity index (χ0n) is 36.6. The molecular weight excluding hydrogens is 816 g/mol. The Morgan fingerprint density at radius 3 is 1.69 bits per heavy atom. The largest absolute Gasteiger partial charge is 0.466 e. The number of methoxy groups -OCH3 is 2. The van der Waals surface area contributed by atoms with E-state index < -0.39 is 10.1 Å². The Morgan fingerprint density at radius 2 is 1.26 bits per heavy atom. The van der Waals surface area contributed by atoms with Crippen molar-refractivity contribution in [2.75, 3.05) is 46.7 Å². The van der Waals surface area contributed by atoms with E-state index in [0.717, 1.165) is 66.1 Å². The molecule has 2 saturated heterocycles. The van der Waals surface area contributed by atoms with Gasteiger partial charge in [0.05, 0.1) is 38.5 Å². The van der Waals surface area contributed by atoms with Crippen molar-refractivity contribution in [3.63, 3.8) is 0 Å². The molecule has 0 bridgehead atoms. The summed E-state index contributed by atoms with van der Waals surface area (Å²) in [6, 6.07) is 17.7. The van der Waals surface area contributed by atoms with E-state index in [1.165, 1.54) is 74.4 Å². The third-order valence-corrected chi connectivity index (χ3v) is 11.5. The Hall–Kier alpha value is -4.60. The molecule has 2 atom stereocenters. The summed E-state index contributed by atoms with van der Waals surface area (Å²) in [6.07, 6.45) is 14.0. The molecule has 0 amide bonds. The van der Waals surface area contributed by atoms with Gasteiger partial charge in [-0.05, 0) is 118 Å². The monoisotopic (exact) mass is 882 g/mol. The normalized spacial score (nSPS) is 16.3. The van der Waals surface area contributed by atoms with Gasteiger partial charge in [-0.15, -0.1) is 12.4 Å². The molecule has 4 heterocycles. The van der Waals surface area contributed by atoms with E-state index in [1.807, 2.05) is 44.8 Å². The third-order valence-electron chi connectivity index (χ3n) is 10.9. The van der Waals surface area contributed by atoms with Gasteiger partial charge in [-0.1, -0.05) is 56.0 Å². The number of nitrogens with one attached hydrogen (secondary N) is 1. The number of halogens is 1. The molecular formula is C46H67ClN6O7S. The van der Waals surface area contributed by atoms with Gasteiger partial charge in [0, 0.05) is 62.7 Å².